The number of aromatic nitrogens is 1. The third kappa shape index (κ3) is 5.34. The van der Waals surface area contributed by atoms with Crippen LogP contribution in [0.3, 0.4) is 0 Å². The van der Waals surface area contributed by atoms with Crippen LogP contribution in [0.25, 0.3) is 0 Å². The predicted octanol–water partition coefficient (Wildman–Crippen LogP) is 4.16. The maximum atomic E-state index is 13.0. The number of alkyl halides is 1. The van der Waals surface area contributed by atoms with Crippen molar-refractivity contribution in [2.45, 2.75) is 16.6 Å². The molecule has 0 atom stereocenters. The van der Waals surface area contributed by atoms with Gasteiger partial charge >= 0.3 is 0 Å². The van der Waals surface area contributed by atoms with Crippen LogP contribution in [0.1, 0.15) is 16.8 Å². The largest absolute Gasteiger partial charge is 0.497 e. The lowest BCUT2D eigenvalue weighted by Crippen LogP contribution is -2.48. The van der Waals surface area contributed by atoms with E-state index in [0.29, 0.717) is 42.8 Å². The number of benzene rings is 2. The Hall–Kier alpha value is -2.14. The van der Waals surface area contributed by atoms with Crippen LogP contribution in [-0.4, -0.2) is 58.1 Å². The van der Waals surface area contributed by atoms with E-state index in [0.717, 1.165) is 33.5 Å². The molecule has 0 N–H and O–H groups in total. The molecule has 2 heterocycles. The molecule has 2 aromatic carbocycles. The molecule has 176 valence electrons. The maximum Gasteiger partial charge on any atom is 0.243 e. The molecule has 1 aliphatic rings. The zero-order chi connectivity index (χ0) is 23.4. The molecule has 1 fully saturated rings. The zero-order valence-corrected chi connectivity index (χ0v) is 21.7. The molecule has 1 saturated heterocycles. The van der Waals surface area contributed by atoms with Crippen molar-refractivity contribution < 1.29 is 17.9 Å². The Kier molecular flexibility index (Phi) is 7.58. The first-order chi connectivity index (χ1) is 15.9. The average molecular weight is 553 g/mol. The second-order valence-corrected chi connectivity index (χ2v) is 11.0. The second-order valence-electron chi connectivity index (χ2n) is 7.64. The van der Waals surface area contributed by atoms with Gasteiger partial charge in [-0.3, -0.25) is 0 Å². The Labute approximate surface area is 207 Å². The number of thiazole rings is 1. The summed E-state index contributed by atoms with van der Waals surface area (Å²) in [5, 5.41) is 3.66. The highest BCUT2D eigenvalue weighted by Crippen LogP contribution is 2.29. The molecule has 3 aromatic rings. The minimum Gasteiger partial charge on any atom is -0.497 e. The van der Waals surface area contributed by atoms with Crippen LogP contribution < -0.4 is 14.4 Å². The molecule has 0 aliphatic carbocycles. The summed E-state index contributed by atoms with van der Waals surface area (Å²) in [4.78, 5) is 7.29. The molecule has 7 nitrogen and oxygen atoms in total. The van der Waals surface area contributed by atoms with Gasteiger partial charge in [-0.05, 0) is 23.8 Å². The van der Waals surface area contributed by atoms with E-state index in [1.165, 1.54) is 0 Å². The molecular weight excluding hydrogens is 526 g/mol. The lowest BCUT2D eigenvalue weighted by molar-refractivity contribution is 0.384. The summed E-state index contributed by atoms with van der Waals surface area (Å²) in [6, 6.07) is 12.8. The fraction of sp³-hybridized carbons (Fsp3) is 0.348. The van der Waals surface area contributed by atoms with Crippen LogP contribution >= 0.6 is 27.3 Å². The first kappa shape index (κ1) is 24.0. The summed E-state index contributed by atoms with van der Waals surface area (Å²) in [7, 11) is -0.213. The monoisotopic (exact) mass is 551 g/mol. The van der Waals surface area contributed by atoms with E-state index in [1.54, 1.807) is 42.0 Å². The van der Waals surface area contributed by atoms with Crippen LogP contribution in [0.4, 0.5) is 5.13 Å². The third-order valence-corrected chi connectivity index (χ3v) is 9.14. The molecular formula is C23H26BrN3O4S2. The first-order valence-electron chi connectivity index (χ1n) is 10.5. The van der Waals surface area contributed by atoms with Gasteiger partial charge in [0.2, 0.25) is 10.0 Å². The van der Waals surface area contributed by atoms with Gasteiger partial charge in [0.1, 0.15) is 11.5 Å². The molecule has 0 spiro atoms. The molecule has 0 unspecified atom stereocenters. The second kappa shape index (κ2) is 10.4. The maximum absolute atomic E-state index is 13.0. The number of anilines is 1. The van der Waals surface area contributed by atoms with Crippen LogP contribution in [0.15, 0.2) is 52.7 Å². The van der Waals surface area contributed by atoms with Gasteiger partial charge in [0.25, 0.3) is 0 Å². The Bertz CT molecular complexity index is 1190. The number of methoxy groups -OCH3 is 2. The number of nitrogens with zero attached hydrogens (tertiary/aromatic N) is 3. The van der Waals surface area contributed by atoms with E-state index >= 15 is 0 Å². The van der Waals surface area contributed by atoms with Gasteiger partial charge in [0.15, 0.2) is 5.13 Å². The number of hydrogen-bond acceptors (Lipinski definition) is 7. The van der Waals surface area contributed by atoms with E-state index in [4.69, 9.17) is 14.5 Å². The van der Waals surface area contributed by atoms with Gasteiger partial charge in [-0.15, -0.1) is 11.3 Å². The minimum absolute atomic E-state index is 0.339. The number of hydrogen-bond donors (Lipinski definition) is 0. The molecule has 0 amide bonds. The number of piperazine rings is 1. The number of sulfonamides is 1. The highest BCUT2D eigenvalue weighted by molar-refractivity contribution is 9.08. The van der Waals surface area contributed by atoms with Gasteiger partial charge in [0, 0.05) is 54.9 Å². The van der Waals surface area contributed by atoms with E-state index in [1.807, 2.05) is 35.7 Å². The molecule has 33 heavy (non-hydrogen) atoms. The summed E-state index contributed by atoms with van der Waals surface area (Å²) >= 11 is 4.97. The molecule has 1 aromatic heterocycles. The highest BCUT2D eigenvalue weighted by atomic mass is 79.9. The summed E-state index contributed by atoms with van der Waals surface area (Å²) in [6.45, 7) is 2.09. The van der Waals surface area contributed by atoms with Crippen molar-refractivity contribution >= 4 is 42.4 Å². The molecule has 4 rings (SSSR count). The van der Waals surface area contributed by atoms with Gasteiger partial charge in [-0.2, -0.15) is 4.31 Å². The van der Waals surface area contributed by atoms with Crippen molar-refractivity contribution in [2.24, 2.45) is 0 Å². The third-order valence-electron chi connectivity index (χ3n) is 5.63. The van der Waals surface area contributed by atoms with Crippen LogP contribution in [0.2, 0.25) is 0 Å². The van der Waals surface area contributed by atoms with Gasteiger partial charge in [0.05, 0.1) is 24.8 Å². The van der Waals surface area contributed by atoms with Crippen LogP contribution in [0.5, 0.6) is 11.5 Å². The molecule has 0 radical (unpaired) electrons. The zero-order valence-electron chi connectivity index (χ0n) is 18.5. The number of ether oxygens (including phenoxy) is 2. The Morgan fingerprint density at radius 3 is 2.39 bits per heavy atom. The highest BCUT2D eigenvalue weighted by Gasteiger charge is 2.29. The summed E-state index contributed by atoms with van der Waals surface area (Å²) in [5.74, 6) is 1.52. The van der Waals surface area contributed by atoms with Gasteiger partial charge in [-0.1, -0.05) is 34.1 Å². The fourth-order valence-corrected chi connectivity index (χ4v) is 6.41. The van der Waals surface area contributed by atoms with Gasteiger partial charge in [-0.25, -0.2) is 13.4 Å². The van der Waals surface area contributed by atoms with Crippen molar-refractivity contribution in [3.8, 4) is 11.5 Å². The fourth-order valence-electron chi connectivity index (χ4n) is 3.74. The van der Waals surface area contributed by atoms with E-state index < -0.39 is 10.0 Å². The normalized spacial score (nSPS) is 14.9. The summed E-state index contributed by atoms with van der Waals surface area (Å²) < 4.78 is 38.3. The molecule has 0 saturated carbocycles. The smallest absolute Gasteiger partial charge is 0.243 e. The first-order valence-corrected chi connectivity index (χ1v) is 13.9. The lowest BCUT2D eigenvalue weighted by Gasteiger charge is -2.33. The van der Waals surface area contributed by atoms with Crippen LogP contribution in [-0.2, 0) is 21.8 Å². The lowest BCUT2D eigenvalue weighted by atomic mass is 10.1. The van der Waals surface area contributed by atoms with E-state index in [9.17, 15) is 8.42 Å². The van der Waals surface area contributed by atoms with Crippen molar-refractivity contribution in [3.05, 3.63) is 64.7 Å². The molecule has 0 bridgehead atoms. The minimum atomic E-state index is -3.49. The SMILES string of the molecule is COc1ccc(Cc2csc(N3CCN(S(=O)(=O)c4ccc(CBr)cc4)CC3)n2)c(OC)c1. The number of rotatable bonds is 8. The number of halogens is 1. The summed E-state index contributed by atoms with van der Waals surface area (Å²) in [6.07, 6.45) is 0.655. The van der Waals surface area contributed by atoms with Crippen molar-refractivity contribution in [3.63, 3.8) is 0 Å². The van der Waals surface area contributed by atoms with E-state index in [-0.39, 0.29) is 0 Å². The van der Waals surface area contributed by atoms with Crippen molar-refractivity contribution in [1.29, 1.82) is 0 Å². The van der Waals surface area contributed by atoms with Crippen LogP contribution in [0, 0.1) is 0 Å². The quantitative estimate of drug-likeness (QED) is 0.391. The average Bonchev–Trinajstić information content (AvgIpc) is 3.33. The van der Waals surface area contributed by atoms with Crippen molar-refractivity contribution in [2.75, 3.05) is 45.3 Å². The molecule has 1 aliphatic heterocycles. The van der Waals surface area contributed by atoms with Gasteiger partial charge < -0.3 is 14.4 Å². The standard InChI is InChI=1S/C23H26BrN3O4S2/c1-30-20-6-5-18(22(14-20)31-2)13-19-16-32-23(25-19)26-9-11-27(12-10-26)33(28,29)21-7-3-17(15-24)4-8-21/h3-8,14,16H,9-13,15H2,1-2H3. The Morgan fingerprint density at radius 1 is 1.03 bits per heavy atom. The van der Waals surface area contributed by atoms with E-state index in [2.05, 4.69) is 20.8 Å². The predicted molar refractivity (Wildman–Crippen MR) is 135 cm³/mol. The van der Waals surface area contributed by atoms with Crippen molar-refractivity contribution in [1.82, 2.24) is 9.29 Å². The Morgan fingerprint density at radius 2 is 1.76 bits per heavy atom. The topological polar surface area (TPSA) is 72.0 Å². The summed E-state index contributed by atoms with van der Waals surface area (Å²) in [5.41, 5.74) is 3.04. The Balaban J connectivity index is 1.40. The molecule has 10 heteroatoms.